The van der Waals surface area contributed by atoms with Crippen molar-refractivity contribution in [1.82, 2.24) is 20.4 Å². The van der Waals surface area contributed by atoms with Crippen molar-refractivity contribution in [2.45, 2.75) is 65.6 Å². The second-order valence-corrected chi connectivity index (χ2v) is 10.4. The number of carbonyl (C=O) groups excluding carboxylic acids is 2. The molecule has 34 heavy (non-hydrogen) atoms. The molecule has 0 radical (unpaired) electrons. The van der Waals surface area contributed by atoms with Gasteiger partial charge >= 0.3 is 6.03 Å². The number of rotatable bonds is 8. The minimum Gasteiger partial charge on any atom is -0.501 e. The Morgan fingerprint density at radius 2 is 1.97 bits per heavy atom. The fourth-order valence-corrected chi connectivity index (χ4v) is 5.04. The Hall–Kier alpha value is -2.54. The van der Waals surface area contributed by atoms with Crippen LogP contribution in [-0.2, 0) is 9.53 Å². The van der Waals surface area contributed by atoms with Crippen molar-refractivity contribution < 1.29 is 14.3 Å². The molecule has 188 valence electrons. The summed E-state index contributed by atoms with van der Waals surface area (Å²) in [5, 5.41) is 5.62. The Morgan fingerprint density at radius 3 is 2.53 bits per heavy atom. The molecule has 0 spiro atoms. The van der Waals surface area contributed by atoms with E-state index in [-0.39, 0.29) is 35.5 Å². The molecule has 7 heteroatoms. The molecular weight excluding hydrogens is 428 g/mol. The average molecular weight is 471 g/mol. The Labute approximate surface area is 205 Å². The van der Waals surface area contributed by atoms with Crippen LogP contribution in [0.5, 0.6) is 0 Å². The Kier molecular flexibility index (Phi) is 8.63. The highest BCUT2D eigenvalue weighted by molar-refractivity contribution is 5.85. The van der Waals surface area contributed by atoms with Gasteiger partial charge in [0.05, 0.1) is 19.0 Å². The third-order valence-electron chi connectivity index (χ3n) is 7.10. The highest BCUT2D eigenvalue weighted by atomic mass is 16.5. The zero-order chi connectivity index (χ0) is 24.9. The van der Waals surface area contributed by atoms with Crippen molar-refractivity contribution in [2.24, 2.45) is 11.3 Å². The molecule has 2 N–H and O–H groups in total. The first-order chi connectivity index (χ1) is 16.2. The van der Waals surface area contributed by atoms with E-state index >= 15 is 0 Å². The standard InChI is InChI=1S/C27H42N4O3/c1-7-28-26(33)29-18-23-25(32)31(17-16-19-8-14-22(34-6)15-9-19)24(30(23)5)20-10-12-21(13-11-20)27(2,3)4/h8,10,12-14,20,23-24H,7,9,11,15-18H2,1-6H3,(H2,28,29,33)/t20?,23-,24?/m0/s1. The maximum atomic E-state index is 13.6. The molecule has 0 bridgehead atoms. The van der Waals surface area contributed by atoms with Crippen LogP contribution in [0.3, 0.4) is 0 Å². The quantitative estimate of drug-likeness (QED) is 0.563. The minimum atomic E-state index is -0.366. The van der Waals surface area contributed by atoms with Gasteiger partial charge in [-0.25, -0.2) is 4.79 Å². The fraction of sp³-hybridized carbons (Fsp3) is 0.630. The summed E-state index contributed by atoms with van der Waals surface area (Å²) >= 11 is 0. The molecule has 1 aliphatic heterocycles. The smallest absolute Gasteiger partial charge is 0.314 e. The summed E-state index contributed by atoms with van der Waals surface area (Å²) in [6.45, 7) is 10.1. The molecular formula is C27H42N4O3. The van der Waals surface area contributed by atoms with E-state index in [4.69, 9.17) is 4.74 Å². The van der Waals surface area contributed by atoms with Gasteiger partial charge in [-0.3, -0.25) is 9.69 Å². The minimum absolute atomic E-state index is 0.0307. The summed E-state index contributed by atoms with van der Waals surface area (Å²) in [7, 11) is 3.72. The number of hydrogen-bond donors (Lipinski definition) is 2. The van der Waals surface area contributed by atoms with Crippen LogP contribution >= 0.6 is 0 Å². The number of hydrogen-bond acceptors (Lipinski definition) is 4. The summed E-state index contributed by atoms with van der Waals surface area (Å²) in [6, 6.07) is -0.601. The summed E-state index contributed by atoms with van der Waals surface area (Å²) < 4.78 is 5.35. The van der Waals surface area contributed by atoms with E-state index < -0.39 is 0 Å². The molecule has 7 nitrogen and oxygen atoms in total. The molecule has 1 saturated heterocycles. The number of methoxy groups -OCH3 is 1. The van der Waals surface area contributed by atoms with E-state index in [1.54, 1.807) is 7.11 Å². The summed E-state index contributed by atoms with van der Waals surface area (Å²) in [4.78, 5) is 29.7. The second kappa shape index (κ2) is 11.3. The Balaban J connectivity index is 1.75. The van der Waals surface area contributed by atoms with Gasteiger partial charge in [0, 0.05) is 32.0 Å². The number of nitrogens with one attached hydrogen (secondary N) is 2. The SMILES string of the molecule is CCNC(=O)NC[C@H]1C(=O)N(CCC2=CC=C(OC)CC2)C(C2C=CC(C(C)(C)C)=CC2)N1C. The van der Waals surface area contributed by atoms with E-state index in [0.717, 1.165) is 31.4 Å². The van der Waals surface area contributed by atoms with Crippen LogP contribution in [0.4, 0.5) is 4.79 Å². The van der Waals surface area contributed by atoms with Gasteiger partial charge in [0.15, 0.2) is 0 Å². The van der Waals surface area contributed by atoms with Gasteiger partial charge in [0.25, 0.3) is 0 Å². The lowest BCUT2D eigenvalue weighted by molar-refractivity contribution is -0.130. The number of nitrogens with zero attached hydrogens (tertiary/aromatic N) is 2. The zero-order valence-electron chi connectivity index (χ0n) is 21.7. The van der Waals surface area contributed by atoms with Crippen LogP contribution in [0.2, 0.25) is 0 Å². The first-order valence-corrected chi connectivity index (χ1v) is 12.5. The Bertz CT molecular complexity index is 881. The van der Waals surface area contributed by atoms with Gasteiger partial charge < -0.3 is 20.3 Å². The van der Waals surface area contributed by atoms with Crippen LogP contribution in [0, 0.1) is 11.3 Å². The highest BCUT2D eigenvalue weighted by Crippen LogP contribution is 2.36. The average Bonchev–Trinajstić information content (AvgIpc) is 3.05. The molecule has 3 aliphatic rings. The van der Waals surface area contributed by atoms with Crippen LogP contribution in [0.25, 0.3) is 0 Å². The van der Waals surface area contributed by atoms with Gasteiger partial charge in [-0.05, 0) is 50.3 Å². The van der Waals surface area contributed by atoms with Crippen molar-refractivity contribution in [3.05, 3.63) is 47.3 Å². The number of ether oxygens (including phenoxy) is 1. The van der Waals surface area contributed by atoms with Gasteiger partial charge in [0.1, 0.15) is 6.04 Å². The maximum absolute atomic E-state index is 13.6. The van der Waals surface area contributed by atoms with Crippen molar-refractivity contribution in [3.8, 4) is 0 Å². The third kappa shape index (κ3) is 6.12. The zero-order valence-corrected chi connectivity index (χ0v) is 21.7. The summed E-state index contributed by atoms with van der Waals surface area (Å²) in [5.74, 6) is 1.31. The number of likely N-dealkylation sites (N-methyl/N-ethyl adjacent to an activating group) is 1. The predicted molar refractivity (Wildman–Crippen MR) is 136 cm³/mol. The second-order valence-electron chi connectivity index (χ2n) is 10.4. The van der Waals surface area contributed by atoms with Gasteiger partial charge in [-0.2, -0.15) is 0 Å². The van der Waals surface area contributed by atoms with Crippen LogP contribution < -0.4 is 10.6 Å². The molecule has 1 heterocycles. The van der Waals surface area contributed by atoms with Gasteiger partial charge in [0.2, 0.25) is 5.91 Å². The molecule has 2 aliphatic carbocycles. The Morgan fingerprint density at radius 1 is 1.21 bits per heavy atom. The van der Waals surface area contributed by atoms with Crippen molar-refractivity contribution >= 4 is 11.9 Å². The topological polar surface area (TPSA) is 73.9 Å². The lowest BCUT2D eigenvalue weighted by Gasteiger charge is -2.36. The number of carbonyl (C=O) groups is 2. The van der Waals surface area contributed by atoms with E-state index in [9.17, 15) is 9.59 Å². The third-order valence-corrected chi connectivity index (χ3v) is 7.10. The molecule has 0 aromatic rings. The molecule has 0 saturated carbocycles. The molecule has 1 fully saturated rings. The van der Waals surface area contributed by atoms with Crippen LogP contribution in [-0.4, -0.2) is 67.7 Å². The van der Waals surface area contributed by atoms with Crippen LogP contribution in [0.15, 0.2) is 47.3 Å². The highest BCUT2D eigenvalue weighted by Gasteiger charge is 2.46. The number of amides is 3. The van der Waals surface area contributed by atoms with Crippen LogP contribution in [0.1, 0.15) is 53.4 Å². The van der Waals surface area contributed by atoms with Crippen molar-refractivity contribution in [1.29, 1.82) is 0 Å². The maximum Gasteiger partial charge on any atom is 0.314 e. The van der Waals surface area contributed by atoms with Crippen molar-refractivity contribution in [2.75, 3.05) is 33.8 Å². The lowest BCUT2D eigenvalue weighted by atomic mass is 9.81. The monoisotopic (exact) mass is 470 g/mol. The normalized spacial score (nSPS) is 25.6. The molecule has 2 unspecified atom stereocenters. The summed E-state index contributed by atoms with van der Waals surface area (Å²) in [5.41, 5.74) is 2.79. The largest absolute Gasteiger partial charge is 0.501 e. The van der Waals surface area contributed by atoms with Gasteiger partial charge in [-0.1, -0.05) is 50.6 Å². The molecule has 3 atom stereocenters. The van der Waals surface area contributed by atoms with E-state index in [1.165, 1.54) is 11.1 Å². The summed E-state index contributed by atoms with van der Waals surface area (Å²) in [6.07, 6.45) is 14.6. The molecule has 3 rings (SSSR count). The van der Waals surface area contributed by atoms with E-state index in [1.807, 2.05) is 24.9 Å². The molecule has 0 aromatic carbocycles. The molecule has 0 aromatic heterocycles. The van der Waals surface area contributed by atoms with E-state index in [2.05, 4.69) is 60.6 Å². The number of allylic oxidation sites excluding steroid dienone is 6. The predicted octanol–water partition coefficient (Wildman–Crippen LogP) is 3.96. The first-order valence-electron chi connectivity index (χ1n) is 12.5. The molecule has 3 amide bonds. The lowest BCUT2D eigenvalue weighted by Crippen LogP contribution is -2.47. The number of urea groups is 1. The van der Waals surface area contributed by atoms with Crippen molar-refractivity contribution in [3.63, 3.8) is 0 Å². The fourth-order valence-electron chi connectivity index (χ4n) is 5.04. The van der Waals surface area contributed by atoms with E-state index in [0.29, 0.717) is 19.6 Å². The first kappa shape index (κ1) is 26.1. The van der Waals surface area contributed by atoms with Gasteiger partial charge in [-0.15, -0.1) is 0 Å².